The molecule has 1 rings (SSSR count). The number of aryl methyl sites for hydroxylation is 1. The van der Waals surface area contributed by atoms with Crippen molar-refractivity contribution in [2.24, 2.45) is 0 Å². The number of nitrogens with one attached hydrogen (secondary N) is 1. The van der Waals surface area contributed by atoms with E-state index in [1.165, 1.54) is 37.7 Å². The average molecular weight is 261 g/mol. The van der Waals surface area contributed by atoms with Crippen molar-refractivity contribution < 1.29 is 4.79 Å². The quantitative estimate of drug-likeness (QED) is 0.658. The number of benzene rings is 1. The molecule has 0 aliphatic carbocycles. The van der Waals surface area contributed by atoms with Gasteiger partial charge in [0.15, 0.2) is 0 Å². The molecule has 0 aromatic heterocycles. The van der Waals surface area contributed by atoms with Crippen LogP contribution < -0.4 is 5.32 Å². The summed E-state index contributed by atoms with van der Waals surface area (Å²) < 4.78 is 0. The SMILES string of the molecule is CCCCCCNC(=O)c1ccc(CCCC)cc1. The molecule has 0 atom stereocenters. The maximum Gasteiger partial charge on any atom is 0.251 e. The second-order valence-corrected chi connectivity index (χ2v) is 5.12. The van der Waals surface area contributed by atoms with Crippen LogP contribution in [-0.2, 0) is 6.42 Å². The topological polar surface area (TPSA) is 29.1 Å². The number of unbranched alkanes of at least 4 members (excludes halogenated alkanes) is 4. The van der Waals surface area contributed by atoms with Crippen LogP contribution in [0, 0.1) is 0 Å². The van der Waals surface area contributed by atoms with Crippen LogP contribution in [0.15, 0.2) is 24.3 Å². The lowest BCUT2D eigenvalue weighted by Crippen LogP contribution is -2.24. The fourth-order valence-corrected chi connectivity index (χ4v) is 2.06. The molecule has 0 fully saturated rings. The summed E-state index contributed by atoms with van der Waals surface area (Å²) in [6.45, 7) is 5.18. The zero-order valence-corrected chi connectivity index (χ0v) is 12.4. The Morgan fingerprint density at radius 3 is 2.26 bits per heavy atom. The van der Waals surface area contributed by atoms with Crippen LogP contribution in [0.5, 0.6) is 0 Å². The average Bonchev–Trinajstić information content (AvgIpc) is 2.45. The van der Waals surface area contributed by atoms with Gasteiger partial charge in [0.05, 0.1) is 0 Å². The Bertz CT molecular complexity index is 356. The predicted octanol–water partition coefficient (Wildman–Crippen LogP) is 4.34. The molecule has 1 amide bonds. The van der Waals surface area contributed by atoms with E-state index in [0.29, 0.717) is 0 Å². The Hall–Kier alpha value is -1.31. The first kappa shape index (κ1) is 15.7. The summed E-state index contributed by atoms with van der Waals surface area (Å²) in [5.41, 5.74) is 2.09. The van der Waals surface area contributed by atoms with Crippen molar-refractivity contribution >= 4 is 5.91 Å². The van der Waals surface area contributed by atoms with Crippen LogP contribution in [0.3, 0.4) is 0 Å². The zero-order valence-electron chi connectivity index (χ0n) is 12.4. The van der Waals surface area contributed by atoms with Gasteiger partial charge in [-0.2, -0.15) is 0 Å². The minimum atomic E-state index is 0.0542. The van der Waals surface area contributed by atoms with Gasteiger partial charge in [-0.3, -0.25) is 4.79 Å². The molecule has 2 heteroatoms. The minimum Gasteiger partial charge on any atom is -0.352 e. The lowest BCUT2D eigenvalue weighted by Gasteiger charge is -2.06. The fourth-order valence-electron chi connectivity index (χ4n) is 2.06. The van der Waals surface area contributed by atoms with Gasteiger partial charge in [-0.05, 0) is 37.0 Å². The van der Waals surface area contributed by atoms with E-state index in [1.807, 2.05) is 12.1 Å². The van der Waals surface area contributed by atoms with Gasteiger partial charge in [-0.15, -0.1) is 0 Å². The summed E-state index contributed by atoms with van der Waals surface area (Å²) in [6.07, 6.45) is 8.29. The van der Waals surface area contributed by atoms with Crippen molar-refractivity contribution in [3.05, 3.63) is 35.4 Å². The molecule has 1 aromatic carbocycles. The second-order valence-electron chi connectivity index (χ2n) is 5.12. The largest absolute Gasteiger partial charge is 0.352 e. The van der Waals surface area contributed by atoms with Crippen molar-refractivity contribution in [2.75, 3.05) is 6.54 Å². The summed E-state index contributed by atoms with van der Waals surface area (Å²) in [7, 11) is 0. The Kier molecular flexibility index (Phi) is 7.95. The third kappa shape index (κ3) is 6.42. The van der Waals surface area contributed by atoms with Crippen LogP contribution in [-0.4, -0.2) is 12.5 Å². The fraction of sp³-hybridized carbons (Fsp3) is 0.588. The van der Waals surface area contributed by atoms with Crippen LogP contribution in [0.4, 0.5) is 0 Å². The number of rotatable bonds is 9. The van der Waals surface area contributed by atoms with Crippen LogP contribution in [0.25, 0.3) is 0 Å². The molecule has 2 nitrogen and oxygen atoms in total. The van der Waals surface area contributed by atoms with Gasteiger partial charge in [-0.25, -0.2) is 0 Å². The molecule has 0 saturated heterocycles. The summed E-state index contributed by atoms with van der Waals surface area (Å²) in [5.74, 6) is 0.0542. The highest BCUT2D eigenvalue weighted by molar-refractivity contribution is 5.94. The third-order valence-electron chi connectivity index (χ3n) is 3.35. The number of carbonyl (C=O) groups is 1. The Morgan fingerprint density at radius 2 is 1.63 bits per heavy atom. The lowest BCUT2D eigenvalue weighted by molar-refractivity contribution is 0.0953. The van der Waals surface area contributed by atoms with E-state index < -0.39 is 0 Å². The molecule has 0 unspecified atom stereocenters. The highest BCUT2D eigenvalue weighted by atomic mass is 16.1. The van der Waals surface area contributed by atoms with Crippen LogP contribution in [0.2, 0.25) is 0 Å². The molecular weight excluding hydrogens is 234 g/mol. The van der Waals surface area contributed by atoms with Gasteiger partial charge in [0, 0.05) is 12.1 Å². The van der Waals surface area contributed by atoms with E-state index in [2.05, 4.69) is 31.3 Å². The van der Waals surface area contributed by atoms with Gasteiger partial charge in [-0.1, -0.05) is 51.7 Å². The van der Waals surface area contributed by atoms with E-state index in [0.717, 1.165) is 24.9 Å². The second kappa shape index (κ2) is 9.60. The maximum atomic E-state index is 11.9. The molecule has 0 spiro atoms. The van der Waals surface area contributed by atoms with Crippen molar-refractivity contribution in [2.45, 2.75) is 58.8 Å². The summed E-state index contributed by atoms with van der Waals surface area (Å²) in [6, 6.07) is 8.02. The Balaban J connectivity index is 2.32. The van der Waals surface area contributed by atoms with Gasteiger partial charge >= 0.3 is 0 Å². The van der Waals surface area contributed by atoms with Crippen molar-refractivity contribution in [1.29, 1.82) is 0 Å². The summed E-state index contributed by atoms with van der Waals surface area (Å²) in [5, 5.41) is 2.98. The number of hydrogen-bond acceptors (Lipinski definition) is 1. The molecule has 0 aliphatic rings. The summed E-state index contributed by atoms with van der Waals surface area (Å²) in [4.78, 5) is 11.9. The molecule has 1 aromatic rings. The number of hydrogen-bond donors (Lipinski definition) is 1. The van der Waals surface area contributed by atoms with E-state index in [-0.39, 0.29) is 5.91 Å². The molecular formula is C17H27NO. The highest BCUT2D eigenvalue weighted by Gasteiger charge is 2.04. The first-order chi connectivity index (χ1) is 9.27. The van der Waals surface area contributed by atoms with Crippen molar-refractivity contribution in [3.8, 4) is 0 Å². The molecule has 106 valence electrons. The first-order valence-electron chi connectivity index (χ1n) is 7.65. The van der Waals surface area contributed by atoms with E-state index in [1.54, 1.807) is 0 Å². The molecule has 1 N–H and O–H groups in total. The number of carbonyl (C=O) groups excluding carboxylic acids is 1. The molecule has 0 bridgehead atoms. The lowest BCUT2D eigenvalue weighted by atomic mass is 10.1. The van der Waals surface area contributed by atoms with E-state index >= 15 is 0 Å². The zero-order chi connectivity index (χ0) is 13.9. The Labute approximate surface area is 117 Å². The van der Waals surface area contributed by atoms with Gasteiger partial charge in [0.25, 0.3) is 5.91 Å². The highest BCUT2D eigenvalue weighted by Crippen LogP contribution is 2.08. The maximum absolute atomic E-state index is 11.9. The minimum absolute atomic E-state index is 0.0542. The molecule has 0 radical (unpaired) electrons. The monoisotopic (exact) mass is 261 g/mol. The molecule has 0 saturated carbocycles. The van der Waals surface area contributed by atoms with Crippen LogP contribution >= 0.6 is 0 Å². The van der Waals surface area contributed by atoms with E-state index in [4.69, 9.17) is 0 Å². The standard InChI is InChI=1S/C17H27NO/c1-3-5-7-8-14-18-17(19)16-12-10-15(11-13-16)9-6-4-2/h10-13H,3-9,14H2,1-2H3,(H,18,19). The number of amides is 1. The third-order valence-corrected chi connectivity index (χ3v) is 3.35. The van der Waals surface area contributed by atoms with Gasteiger partial charge in [0.1, 0.15) is 0 Å². The van der Waals surface area contributed by atoms with Crippen LogP contribution in [0.1, 0.15) is 68.3 Å². The molecule has 19 heavy (non-hydrogen) atoms. The van der Waals surface area contributed by atoms with Crippen molar-refractivity contribution in [1.82, 2.24) is 5.32 Å². The molecule has 0 heterocycles. The molecule has 0 aliphatic heterocycles. The summed E-state index contributed by atoms with van der Waals surface area (Å²) >= 11 is 0. The van der Waals surface area contributed by atoms with Gasteiger partial charge < -0.3 is 5.32 Å². The predicted molar refractivity (Wildman–Crippen MR) is 81.5 cm³/mol. The van der Waals surface area contributed by atoms with Crippen molar-refractivity contribution in [3.63, 3.8) is 0 Å². The van der Waals surface area contributed by atoms with E-state index in [9.17, 15) is 4.79 Å². The Morgan fingerprint density at radius 1 is 0.947 bits per heavy atom. The normalized spacial score (nSPS) is 10.4. The first-order valence-corrected chi connectivity index (χ1v) is 7.65. The van der Waals surface area contributed by atoms with Gasteiger partial charge in [0.2, 0.25) is 0 Å². The smallest absolute Gasteiger partial charge is 0.251 e.